The summed E-state index contributed by atoms with van der Waals surface area (Å²) in [6.07, 6.45) is 0.802. The fourth-order valence-electron chi connectivity index (χ4n) is 1.54. The molecule has 0 aliphatic carbocycles. The highest BCUT2D eigenvalue weighted by Crippen LogP contribution is 2.30. The number of hydrogen-bond donors (Lipinski definition) is 1. The van der Waals surface area contributed by atoms with E-state index in [0.717, 1.165) is 17.4 Å². The van der Waals surface area contributed by atoms with Gasteiger partial charge in [0.1, 0.15) is 5.75 Å². The molecule has 0 radical (unpaired) electrons. The van der Waals surface area contributed by atoms with Crippen LogP contribution in [0, 0.1) is 0 Å². The summed E-state index contributed by atoms with van der Waals surface area (Å²) >= 11 is 5.82. The number of phenolic OH excluding ortho intramolecular Hbond substituents is 1. The van der Waals surface area contributed by atoms with E-state index < -0.39 is 0 Å². The number of hydrogen-bond acceptors (Lipinski definition) is 2. The second-order valence-electron chi connectivity index (χ2n) is 3.37. The van der Waals surface area contributed by atoms with Gasteiger partial charge in [-0.15, -0.1) is 0 Å². The van der Waals surface area contributed by atoms with Crippen LogP contribution in [0.1, 0.15) is 10.4 Å². The van der Waals surface area contributed by atoms with E-state index in [0.29, 0.717) is 5.56 Å². The Balaban J connectivity index is 2.58. The first-order valence-corrected chi connectivity index (χ1v) is 5.13. The Hall–Kier alpha value is -1.80. The lowest BCUT2D eigenvalue weighted by Crippen LogP contribution is -1.86. The summed E-state index contributed by atoms with van der Waals surface area (Å²) in [5, 5.41) is 9.59. The molecule has 3 heteroatoms. The fourth-order valence-corrected chi connectivity index (χ4v) is 1.72. The molecule has 2 aromatic carbocycles. The Labute approximate surface area is 98.1 Å². The van der Waals surface area contributed by atoms with Crippen LogP contribution >= 0.6 is 11.6 Å². The smallest absolute Gasteiger partial charge is 0.150 e. The van der Waals surface area contributed by atoms with E-state index in [1.807, 2.05) is 12.1 Å². The molecule has 2 nitrogen and oxygen atoms in total. The van der Waals surface area contributed by atoms with Crippen molar-refractivity contribution in [2.45, 2.75) is 0 Å². The molecule has 0 fully saturated rings. The average molecular weight is 233 g/mol. The van der Waals surface area contributed by atoms with Gasteiger partial charge >= 0.3 is 0 Å². The minimum absolute atomic E-state index is 0.0361. The van der Waals surface area contributed by atoms with Crippen molar-refractivity contribution >= 4 is 17.9 Å². The van der Waals surface area contributed by atoms with Gasteiger partial charge in [-0.2, -0.15) is 0 Å². The average Bonchev–Trinajstić information content (AvgIpc) is 2.32. The van der Waals surface area contributed by atoms with Crippen LogP contribution in [0.3, 0.4) is 0 Å². The number of halogens is 1. The largest absolute Gasteiger partial charge is 0.506 e. The second kappa shape index (κ2) is 4.37. The topological polar surface area (TPSA) is 37.3 Å². The molecule has 80 valence electrons. The van der Waals surface area contributed by atoms with Crippen molar-refractivity contribution < 1.29 is 9.90 Å². The van der Waals surface area contributed by atoms with Crippen molar-refractivity contribution in [3.63, 3.8) is 0 Å². The molecule has 0 saturated heterocycles. The molecule has 2 rings (SSSR count). The van der Waals surface area contributed by atoms with Gasteiger partial charge < -0.3 is 5.11 Å². The molecular weight excluding hydrogens is 224 g/mol. The van der Waals surface area contributed by atoms with Gasteiger partial charge in [-0.1, -0.05) is 41.9 Å². The Morgan fingerprint density at radius 1 is 1.12 bits per heavy atom. The zero-order valence-electron chi connectivity index (χ0n) is 8.35. The van der Waals surface area contributed by atoms with Gasteiger partial charge in [-0.05, 0) is 23.3 Å². The lowest BCUT2D eigenvalue weighted by atomic mass is 10.0. The summed E-state index contributed by atoms with van der Waals surface area (Å²) in [5.41, 5.74) is 2.22. The minimum Gasteiger partial charge on any atom is -0.506 e. The van der Waals surface area contributed by atoms with Crippen molar-refractivity contribution in [1.82, 2.24) is 0 Å². The fraction of sp³-hybridized carbons (Fsp3) is 0. The number of aldehydes is 1. The van der Waals surface area contributed by atoms with E-state index in [1.54, 1.807) is 24.3 Å². The van der Waals surface area contributed by atoms with Crippen molar-refractivity contribution in [2.24, 2.45) is 0 Å². The maximum Gasteiger partial charge on any atom is 0.150 e. The van der Waals surface area contributed by atoms with E-state index in [1.165, 1.54) is 6.07 Å². The van der Waals surface area contributed by atoms with E-state index in [-0.39, 0.29) is 10.8 Å². The molecule has 1 N–H and O–H groups in total. The summed E-state index contributed by atoms with van der Waals surface area (Å²) in [6, 6.07) is 12.1. The molecule has 0 spiro atoms. The number of benzene rings is 2. The number of carbonyl (C=O) groups is 1. The highest BCUT2D eigenvalue weighted by atomic mass is 35.5. The monoisotopic (exact) mass is 232 g/mol. The van der Waals surface area contributed by atoms with E-state index in [4.69, 9.17) is 11.6 Å². The third kappa shape index (κ3) is 1.92. The molecule has 0 amide bonds. The first kappa shape index (κ1) is 10.7. The Bertz CT molecular complexity index is 535. The summed E-state index contributed by atoms with van der Waals surface area (Å²) in [7, 11) is 0. The molecule has 16 heavy (non-hydrogen) atoms. The van der Waals surface area contributed by atoms with Crippen LogP contribution in [-0.4, -0.2) is 11.4 Å². The highest BCUT2D eigenvalue weighted by Gasteiger charge is 2.05. The Morgan fingerprint density at radius 2 is 1.88 bits per heavy atom. The summed E-state index contributed by atoms with van der Waals surface area (Å²) in [4.78, 5) is 10.9. The molecule has 0 aliphatic rings. The molecular formula is C13H9ClO2. The van der Waals surface area contributed by atoms with Crippen LogP contribution in [-0.2, 0) is 0 Å². The zero-order chi connectivity index (χ0) is 11.5. The molecule has 2 aromatic rings. The van der Waals surface area contributed by atoms with Gasteiger partial charge in [0.15, 0.2) is 6.29 Å². The van der Waals surface area contributed by atoms with E-state index in [9.17, 15) is 9.90 Å². The second-order valence-corrected chi connectivity index (χ2v) is 3.78. The lowest BCUT2D eigenvalue weighted by Gasteiger charge is -2.05. The summed E-state index contributed by atoms with van der Waals surface area (Å²) in [5.74, 6) is 0.0361. The normalized spacial score (nSPS) is 10.1. The van der Waals surface area contributed by atoms with Gasteiger partial charge in [0.2, 0.25) is 0 Å². The summed E-state index contributed by atoms with van der Waals surface area (Å²) < 4.78 is 0. The SMILES string of the molecule is O=Cc1ccccc1-c1ccc(O)c(Cl)c1. The third-order valence-corrected chi connectivity index (χ3v) is 2.65. The number of aromatic hydroxyl groups is 1. The highest BCUT2D eigenvalue weighted by molar-refractivity contribution is 6.32. The number of phenols is 1. The van der Waals surface area contributed by atoms with Crippen LogP contribution < -0.4 is 0 Å². The van der Waals surface area contributed by atoms with Gasteiger partial charge in [0, 0.05) is 5.56 Å². The van der Waals surface area contributed by atoms with Crippen molar-refractivity contribution in [1.29, 1.82) is 0 Å². The number of carbonyl (C=O) groups excluding carboxylic acids is 1. The molecule has 0 saturated carbocycles. The van der Waals surface area contributed by atoms with Crippen molar-refractivity contribution in [3.05, 3.63) is 53.1 Å². The molecule has 0 atom stereocenters. The first-order chi connectivity index (χ1) is 7.72. The van der Waals surface area contributed by atoms with E-state index >= 15 is 0 Å². The Kier molecular flexibility index (Phi) is 2.93. The zero-order valence-corrected chi connectivity index (χ0v) is 9.11. The maximum absolute atomic E-state index is 10.9. The predicted molar refractivity (Wildman–Crippen MR) is 63.9 cm³/mol. The lowest BCUT2D eigenvalue weighted by molar-refractivity contribution is 0.112. The van der Waals surface area contributed by atoms with Crippen LogP contribution in [0.5, 0.6) is 5.75 Å². The van der Waals surface area contributed by atoms with Gasteiger partial charge in [0.25, 0.3) is 0 Å². The minimum atomic E-state index is 0.0361. The standard InChI is InChI=1S/C13H9ClO2/c14-12-7-9(5-6-13(12)16)11-4-2-1-3-10(11)8-15/h1-8,16H. The third-order valence-electron chi connectivity index (χ3n) is 2.35. The van der Waals surface area contributed by atoms with Crippen LogP contribution in [0.2, 0.25) is 5.02 Å². The predicted octanol–water partition coefficient (Wildman–Crippen LogP) is 3.53. The summed E-state index contributed by atoms with van der Waals surface area (Å²) in [6.45, 7) is 0. The molecule has 0 bridgehead atoms. The Morgan fingerprint density at radius 3 is 2.56 bits per heavy atom. The maximum atomic E-state index is 10.9. The molecule has 0 heterocycles. The molecule has 0 aromatic heterocycles. The number of rotatable bonds is 2. The van der Waals surface area contributed by atoms with Gasteiger partial charge in [0.05, 0.1) is 5.02 Å². The molecule has 0 aliphatic heterocycles. The van der Waals surface area contributed by atoms with Crippen molar-refractivity contribution in [2.75, 3.05) is 0 Å². The molecule has 0 unspecified atom stereocenters. The van der Waals surface area contributed by atoms with Crippen LogP contribution in [0.25, 0.3) is 11.1 Å². The van der Waals surface area contributed by atoms with Crippen LogP contribution in [0.4, 0.5) is 0 Å². The van der Waals surface area contributed by atoms with Crippen molar-refractivity contribution in [3.8, 4) is 16.9 Å². The van der Waals surface area contributed by atoms with E-state index in [2.05, 4.69) is 0 Å². The quantitative estimate of drug-likeness (QED) is 0.805. The first-order valence-electron chi connectivity index (χ1n) is 4.75. The van der Waals surface area contributed by atoms with Crippen LogP contribution in [0.15, 0.2) is 42.5 Å². The van der Waals surface area contributed by atoms with Gasteiger partial charge in [-0.25, -0.2) is 0 Å². The van der Waals surface area contributed by atoms with Gasteiger partial charge in [-0.3, -0.25) is 4.79 Å².